The molecule has 0 aliphatic heterocycles. The average Bonchev–Trinajstić information content (AvgIpc) is 3.42. The number of carbonyl (C=O) groups excluding carboxylic acids is 2. The van der Waals surface area contributed by atoms with Crippen LogP contribution in [0.2, 0.25) is 0 Å². The summed E-state index contributed by atoms with van der Waals surface area (Å²) in [7, 11) is 0. The first kappa shape index (κ1) is 26.6. The van der Waals surface area contributed by atoms with Crippen LogP contribution in [0.1, 0.15) is 60.8 Å². The summed E-state index contributed by atoms with van der Waals surface area (Å²) in [6.45, 7) is 2.24. The van der Waals surface area contributed by atoms with Crippen LogP contribution >= 0.6 is 0 Å². The zero-order valence-electron chi connectivity index (χ0n) is 23.2. The number of amides is 2. The molecule has 5 aromatic rings. The number of rotatable bonds is 8. The Bertz CT molecular complexity index is 1690. The third kappa shape index (κ3) is 5.42. The number of pyridine rings is 1. The van der Waals surface area contributed by atoms with Gasteiger partial charge in [0.25, 0.3) is 5.91 Å². The highest BCUT2D eigenvalue weighted by molar-refractivity contribution is 5.99. The van der Waals surface area contributed by atoms with Crippen molar-refractivity contribution in [2.45, 2.75) is 56.4 Å². The molecule has 0 saturated heterocycles. The summed E-state index contributed by atoms with van der Waals surface area (Å²) in [5, 5.41) is 7.29. The van der Waals surface area contributed by atoms with Crippen molar-refractivity contribution in [2.75, 3.05) is 6.54 Å². The van der Waals surface area contributed by atoms with Gasteiger partial charge >= 0.3 is 0 Å². The van der Waals surface area contributed by atoms with E-state index in [2.05, 4.69) is 36.6 Å². The minimum atomic E-state index is -1.25. The predicted octanol–water partition coefficient (Wildman–Crippen LogP) is 5.26. The number of nitrogens with zero attached hydrogens (tertiary/aromatic N) is 3. The summed E-state index contributed by atoms with van der Waals surface area (Å²) >= 11 is 0. The number of aromatic amines is 1. The van der Waals surface area contributed by atoms with Gasteiger partial charge in [0.15, 0.2) is 0 Å². The first-order valence-corrected chi connectivity index (χ1v) is 14.2. The number of H-pyrrole nitrogens is 1. The molecule has 2 aromatic carbocycles. The zero-order valence-corrected chi connectivity index (χ0v) is 23.2. The van der Waals surface area contributed by atoms with E-state index < -0.39 is 11.4 Å². The van der Waals surface area contributed by atoms with Crippen molar-refractivity contribution in [3.63, 3.8) is 0 Å². The monoisotopic (exact) mass is 546 g/mol. The summed E-state index contributed by atoms with van der Waals surface area (Å²) in [6.07, 6.45) is 10.8. The van der Waals surface area contributed by atoms with Gasteiger partial charge in [-0.05, 0) is 55.7 Å². The molecule has 3 aromatic heterocycles. The Morgan fingerprint density at radius 1 is 0.927 bits per heavy atom. The number of hydrogen-bond donors (Lipinski definition) is 3. The first-order chi connectivity index (χ1) is 20.0. The normalized spacial score (nSPS) is 16.2. The number of hydrogen-bond acceptors (Lipinski definition) is 5. The fraction of sp³-hybridized carbons (Fsp3) is 0.303. The third-order valence-electron chi connectivity index (χ3n) is 8.40. The number of benzene rings is 2. The maximum atomic E-state index is 14.1. The highest BCUT2D eigenvalue weighted by Gasteiger charge is 2.40. The summed E-state index contributed by atoms with van der Waals surface area (Å²) in [6, 6.07) is 21.3. The van der Waals surface area contributed by atoms with Gasteiger partial charge < -0.3 is 15.6 Å². The molecule has 8 heteroatoms. The molecule has 3 heterocycles. The molecule has 3 N–H and O–H groups in total. The van der Waals surface area contributed by atoms with Crippen molar-refractivity contribution in [1.82, 2.24) is 30.6 Å². The molecule has 1 saturated carbocycles. The topological polar surface area (TPSA) is 113 Å². The molecule has 1 aliphatic rings. The largest absolute Gasteiger partial charge is 0.361 e. The molecule has 208 valence electrons. The molecule has 0 unspecified atom stereocenters. The molecule has 41 heavy (non-hydrogen) atoms. The van der Waals surface area contributed by atoms with E-state index in [-0.39, 0.29) is 17.0 Å². The van der Waals surface area contributed by atoms with E-state index in [0.29, 0.717) is 24.0 Å². The van der Waals surface area contributed by atoms with E-state index in [4.69, 9.17) is 0 Å². The van der Waals surface area contributed by atoms with Gasteiger partial charge in [0.1, 0.15) is 11.2 Å². The van der Waals surface area contributed by atoms with Crippen LogP contribution in [0.3, 0.4) is 0 Å². The first-order valence-electron chi connectivity index (χ1n) is 14.2. The van der Waals surface area contributed by atoms with E-state index in [0.717, 1.165) is 47.8 Å². The van der Waals surface area contributed by atoms with E-state index in [1.54, 1.807) is 6.92 Å². The van der Waals surface area contributed by atoms with Crippen molar-refractivity contribution in [1.29, 1.82) is 0 Å². The van der Waals surface area contributed by atoms with E-state index in [1.807, 2.05) is 73.1 Å². The Labute approximate surface area is 239 Å². The van der Waals surface area contributed by atoms with Crippen molar-refractivity contribution in [3.05, 3.63) is 102 Å². The minimum absolute atomic E-state index is 0.166. The molecule has 6 rings (SSSR count). The molecule has 0 spiro atoms. The molecule has 8 nitrogen and oxygen atoms in total. The molecular formula is C33H34N6O2. The van der Waals surface area contributed by atoms with Crippen LogP contribution in [0.4, 0.5) is 0 Å². The lowest BCUT2D eigenvalue weighted by Crippen LogP contribution is -2.60. The molecule has 1 fully saturated rings. The van der Waals surface area contributed by atoms with Crippen molar-refractivity contribution < 1.29 is 9.59 Å². The van der Waals surface area contributed by atoms with Crippen LogP contribution in [-0.2, 0) is 16.6 Å². The Morgan fingerprint density at radius 2 is 1.68 bits per heavy atom. The van der Waals surface area contributed by atoms with Crippen LogP contribution < -0.4 is 10.6 Å². The van der Waals surface area contributed by atoms with Crippen molar-refractivity contribution in [2.24, 2.45) is 0 Å². The molecular weight excluding hydrogens is 512 g/mol. The van der Waals surface area contributed by atoms with Gasteiger partial charge in [-0.15, -0.1) is 0 Å². The Balaban J connectivity index is 1.30. The minimum Gasteiger partial charge on any atom is -0.361 e. The van der Waals surface area contributed by atoms with Crippen LogP contribution in [0, 0.1) is 0 Å². The highest BCUT2D eigenvalue weighted by atomic mass is 16.2. The van der Waals surface area contributed by atoms with Gasteiger partial charge in [0.2, 0.25) is 5.91 Å². The Kier molecular flexibility index (Phi) is 7.22. The van der Waals surface area contributed by atoms with Gasteiger partial charge in [-0.25, -0.2) is 4.98 Å². The lowest BCUT2D eigenvalue weighted by atomic mass is 9.71. The number of aromatic nitrogens is 4. The molecule has 1 aliphatic carbocycles. The highest BCUT2D eigenvalue weighted by Crippen LogP contribution is 2.38. The molecule has 2 amide bonds. The quantitative estimate of drug-likeness (QED) is 0.246. The van der Waals surface area contributed by atoms with E-state index in [9.17, 15) is 9.59 Å². The van der Waals surface area contributed by atoms with Crippen molar-refractivity contribution >= 4 is 33.8 Å². The zero-order chi connectivity index (χ0) is 28.3. The fourth-order valence-electron chi connectivity index (χ4n) is 6.09. The lowest BCUT2D eigenvalue weighted by molar-refractivity contribution is -0.127. The second-order valence-corrected chi connectivity index (χ2v) is 11.3. The lowest BCUT2D eigenvalue weighted by Gasteiger charge is -2.38. The fourth-order valence-corrected chi connectivity index (χ4v) is 6.09. The van der Waals surface area contributed by atoms with Gasteiger partial charge in [0, 0.05) is 47.4 Å². The number of nitrogens with one attached hydrogen (secondary N) is 3. The summed E-state index contributed by atoms with van der Waals surface area (Å²) in [5.74, 6) is -0.691. The molecule has 0 radical (unpaired) electrons. The number of carbonyl (C=O) groups is 2. The van der Waals surface area contributed by atoms with Gasteiger partial charge in [-0.3, -0.25) is 19.6 Å². The van der Waals surface area contributed by atoms with Crippen LogP contribution in [0.5, 0.6) is 0 Å². The number of fused-ring (bicyclic) bond motifs is 2. The Morgan fingerprint density at radius 3 is 2.49 bits per heavy atom. The van der Waals surface area contributed by atoms with E-state index >= 15 is 0 Å². The maximum Gasteiger partial charge on any atom is 0.272 e. The Hall–Kier alpha value is -4.59. The van der Waals surface area contributed by atoms with Crippen molar-refractivity contribution in [3.8, 4) is 0 Å². The summed E-state index contributed by atoms with van der Waals surface area (Å²) in [5.41, 5.74) is 2.94. The summed E-state index contributed by atoms with van der Waals surface area (Å²) < 4.78 is 0. The maximum absolute atomic E-state index is 14.1. The molecule has 1 atom stereocenters. The van der Waals surface area contributed by atoms with Gasteiger partial charge in [0.05, 0.1) is 17.2 Å². The SMILES string of the molecule is C[C@@](Cc1c[nH]c2ccccc12)(NC(=O)c1cnc2ccccc2n1)C(=O)NCC1(c2ccccn2)CCCCC1. The van der Waals surface area contributed by atoms with Crippen LogP contribution in [-0.4, -0.2) is 43.8 Å². The van der Waals surface area contributed by atoms with E-state index in [1.165, 1.54) is 12.6 Å². The van der Waals surface area contributed by atoms with Crippen LogP contribution in [0.25, 0.3) is 21.9 Å². The standard InChI is InChI=1S/C33H34N6O2/c1-32(19-23-20-35-25-12-4-3-11-24(23)25,39-30(40)28-21-36-26-13-5-6-14-27(26)38-28)31(41)37-22-33(16-8-2-9-17-33)29-15-7-10-18-34-29/h3-7,10-15,18,20-21,35H,2,8-9,16-17,19,22H2,1H3,(H,37,41)(H,39,40)/t32-/m0/s1. The second-order valence-electron chi connectivity index (χ2n) is 11.3. The second kappa shape index (κ2) is 11.1. The smallest absolute Gasteiger partial charge is 0.272 e. The predicted molar refractivity (Wildman–Crippen MR) is 159 cm³/mol. The average molecular weight is 547 g/mol. The summed E-state index contributed by atoms with van der Waals surface area (Å²) in [4.78, 5) is 44.6. The molecule has 0 bridgehead atoms. The van der Waals surface area contributed by atoms with Gasteiger partial charge in [-0.2, -0.15) is 0 Å². The van der Waals surface area contributed by atoms with Gasteiger partial charge in [-0.1, -0.05) is 55.7 Å². The third-order valence-corrected chi connectivity index (χ3v) is 8.40. The number of para-hydroxylation sites is 3. The van der Waals surface area contributed by atoms with Crippen LogP contribution in [0.15, 0.2) is 85.3 Å².